The van der Waals surface area contributed by atoms with E-state index in [9.17, 15) is 19.5 Å². The number of hydrogen-bond acceptors (Lipinski definition) is 7. The molecule has 200 valence electrons. The van der Waals surface area contributed by atoms with Crippen molar-refractivity contribution in [3.05, 3.63) is 114 Å². The van der Waals surface area contributed by atoms with Gasteiger partial charge in [-0.3, -0.25) is 9.59 Å². The topological polar surface area (TPSA) is 148 Å². The van der Waals surface area contributed by atoms with Gasteiger partial charge in [-0.2, -0.15) is 0 Å². The van der Waals surface area contributed by atoms with Gasteiger partial charge in [0.1, 0.15) is 0 Å². The highest BCUT2D eigenvalue weighted by Crippen LogP contribution is 2.26. The summed E-state index contributed by atoms with van der Waals surface area (Å²) in [6, 6.07) is 23.1. The third-order valence-electron chi connectivity index (χ3n) is 6.07. The molecule has 11 heteroatoms. The normalized spacial score (nSPS) is 10.7. The van der Waals surface area contributed by atoms with Gasteiger partial charge in [0.2, 0.25) is 5.88 Å². The number of carbonyl (C=O) groups is 3. The number of ether oxygens (including phenoxy) is 1. The molecule has 0 saturated carbocycles. The Kier molecular flexibility index (Phi) is 7.72. The molecular weight excluding hydrogens is 512 g/mol. The zero-order valence-electron chi connectivity index (χ0n) is 21.2. The van der Waals surface area contributed by atoms with Gasteiger partial charge in [0.15, 0.2) is 12.3 Å². The van der Waals surface area contributed by atoms with Crippen LogP contribution in [0, 0.1) is 0 Å². The monoisotopic (exact) mass is 536 g/mol. The lowest BCUT2D eigenvalue weighted by Crippen LogP contribution is -2.28. The Labute approximate surface area is 228 Å². The Morgan fingerprint density at radius 1 is 0.900 bits per heavy atom. The molecule has 0 aliphatic rings. The molecule has 2 heterocycles. The number of amides is 2. The molecular formula is C29H24N6O5. The number of nitrogens with one attached hydrogen (secondary N) is 2. The number of aromatic carboxylic acids is 1. The minimum Gasteiger partial charge on any atom is -0.476 e. The largest absolute Gasteiger partial charge is 0.476 e. The Morgan fingerprint density at radius 3 is 2.42 bits per heavy atom. The van der Waals surface area contributed by atoms with E-state index in [1.807, 2.05) is 60.7 Å². The van der Waals surface area contributed by atoms with Crippen LogP contribution in [0.3, 0.4) is 0 Å². The van der Waals surface area contributed by atoms with Crippen LogP contribution in [0.5, 0.6) is 5.88 Å². The second kappa shape index (κ2) is 11.9. The van der Waals surface area contributed by atoms with Crippen molar-refractivity contribution in [1.29, 1.82) is 0 Å². The van der Waals surface area contributed by atoms with E-state index in [4.69, 9.17) is 4.74 Å². The van der Waals surface area contributed by atoms with Crippen molar-refractivity contribution < 1.29 is 24.2 Å². The van der Waals surface area contributed by atoms with Gasteiger partial charge in [0.05, 0.1) is 18.4 Å². The first-order chi connectivity index (χ1) is 19.5. The Bertz CT molecular complexity index is 1670. The van der Waals surface area contributed by atoms with Gasteiger partial charge >= 0.3 is 5.97 Å². The van der Waals surface area contributed by atoms with Gasteiger partial charge in [-0.25, -0.2) is 14.5 Å². The van der Waals surface area contributed by atoms with Crippen LogP contribution in [0.1, 0.15) is 32.0 Å². The van der Waals surface area contributed by atoms with E-state index in [2.05, 4.69) is 25.9 Å². The van der Waals surface area contributed by atoms with E-state index in [0.29, 0.717) is 24.0 Å². The minimum absolute atomic E-state index is 0.00541. The zero-order valence-corrected chi connectivity index (χ0v) is 21.2. The van der Waals surface area contributed by atoms with Crippen LogP contribution in [0.15, 0.2) is 91.3 Å². The highest BCUT2D eigenvalue weighted by Gasteiger charge is 2.19. The average Bonchev–Trinajstić information content (AvgIpc) is 3.49. The third kappa shape index (κ3) is 6.10. The summed E-state index contributed by atoms with van der Waals surface area (Å²) in [6.45, 7) is 0.455. The number of carboxylic acids is 1. The van der Waals surface area contributed by atoms with Crippen LogP contribution in [0.4, 0.5) is 5.69 Å². The lowest BCUT2D eigenvalue weighted by atomic mass is 9.99. The number of nitrogens with zero attached hydrogens (tertiary/aromatic N) is 4. The Balaban J connectivity index is 1.29. The summed E-state index contributed by atoms with van der Waals surface area (Å²) in [7, 11) is 0. The summed E-state index contributed by atoms with van der Waals surface area (Å²) in [5.41, 5.74) is 1.82. The van der Waals surface area contributed by atoms with Gasteiger partial charge in [0.25, 0.3) is 11.8 Å². The molecule has 0 bridgehead atoms. The second-order valence-corrected chi connectivity index (χ2v) is 8.77. The molecule has 0 spiro atoms. The molecule has 2 aromatic heterocycles. The molecule has 5 aromatic rings. The number of rotatable bonds is 10. The van der Waals surface area contributed by atoms with Crippen LogP contribution in [-0.2, 0) is 17.9 Å². The predicted molar refractivity (Wildman–Crippen MR) is 146 cm³/mol. The molecule has 0 fully saturated rings. The number of pyridine rings is 1. The van der Waals surface area contributed by atoms with E-state index in [1.165, 1.54) is 12.1 Å². The first-order valence-electron chi connectivity index (χ1n) is 12.3. The van der Waals surface area contributed by atoms with Crippen LogP contribution in [0.25, 0.3) is 10.8 Å². The molecule has 40 heavy (non-hydrogen) atoms. The third-order valence-corrected chi connectivity index (χ3v) is 6.07. The van der Waals surface area contributed by atoms with Gasteiger partial charge in [-0.1, -0.05) is 65.9 Å². The molecule has 3 N–H and O–H groups in total. The number of carboxylic acid groups (broad SMARTS) is 1. The summed E-state index contributed by atoms with van der Waals surface area (Å²) in [4.78, 5) is 41.4. The molecule has 5 rings (SSSR count). The average molecular weight is 537 g/mol. The Hall–Kier alpha value is -5.58. The lowest BCUT2D eigenvalue weighted by molar-refractivity contribution is -0.123. The summed E-state index contributed by atoms with van der Waals surface area (Å²) in [5, 5.41) is 24.5. The molecule has 0 unspecified atom stereocenters. The number of anilines is 1. The molecule has 0 radical (unpaired) electrons. The molecule has 0 aliphatic carbocycles. The number of benzene rings is 3. The number of fused-ring (bicyclic) bond motifs is 1. The molecule has 0 saturated heterocycles. The van der Waals surface area contributed by atoms with Crippen molar-refractivity contribution in [3.8, 4) is 5.88 Å². The maximum absolute atomic E-state index is 13.3. The second-order valence-electron chi connectivity index (χ2n) is 8.77. The van der Waals surface area contributed by atoms with Crippen molar-refractivity contribution >= 4 is 34.2 Å². The van der Waals surface area contributed by atoms with Crippen molar-refractivity contribution in [2.45, 2.75) is 13.1 Å². The number of carbonyl (C=O) groups excluding carboxylic acids is 2. The molecule has 3 aromatic carbocycles. The molecule has 2 amide bonds. The highest BCUT2D eigenvalue weighted by molar-refractivity contribution is 6.14. The molecule has 0 aliphatic heterocycles. The van der Waals surface area contributed by atoms with Crippen LogP contribution < -0.4 is 15.4 Å². The van der Waals surface area contributed by atoms with Crippen LogP contribution in [-0.4, -0.2) is 49.5 Å². The fourth-order valence-electron chi connectivity index (χ4n) is 4.15. The van der Waals surface area contributed by atoms with E-state index < -0.39 is 17.6 Å². The summed E-state index contributed by atoms with van der Waals surface area (Å²) in [6.07, 6.45) is 3.34. The van der Waals surface area contributed by atoms with Crippen molar-refractivity contribution in [2.24, 2.45) is 0 Å². The number of hydrogen-bond donors (Lipinski definition) is 3. The smallest absolute Gasteiger partial charge is 0.356 e. The van der Waals surface area contributed by atoms with Crippen LogP contribution in [0.2, 0.25) is 0 Å². The summed E-state index contributed by atoms with van der Waals surface area (Å²) >= 11 is 0. The zero-order chi connectivity index (χ0) is 27.9. The standard InChI is InChI=1S/C29H24N6O5/c36-25(30-16-19-6-2-1-3-7-19)18-40-26-13-12-24(27(33-26)29(38)39)32-28(37)23-11-10-20(17-35-15-14-31-34-35)21-8-4-5-9-22(21)23/h1-15H,16-18H2,(H,30,36)(H,32,37)(H,38,39). The number of aromatic nitrogens is 4. The minimum atomic E-state index is -1.36. The van der Waals surface area contributed by atoms with Gasteiger partial charge in [-0.05, 0) is 34.0 Å². The molecule has 0 atom stereocenters. The van der Waals surface area contributed by atoms with Crippen LogP contribution >= 0.6 is 0 Å². The lowest BCUT2D eigenvalue weighted by Gasteiger charge is -2.13. The van der Waals surface area contributed by atoms with E-state index in [1.54, 1.807) is 23.1 Å². The maximum Gasteiger partial charge on any atom is 0.356 e. The SMILES string of the molecule is O=C(COc1ccc(NC(=O)c2ccc(Cn3ccnn3)c3ccccc23)c(C(=O)O)n1)NCc1ccccc1. The van der Waals surface area contributed by atoms with Gasteiger partial charge < -0.3 is 20.5 Å². The van der Waals surface area contributed by atoms with E-state index >= 15 is 0 Å². The quantitative estimate of drug-likeness (QED) is 0.246. The Morgan fingerprint density at radius 2 is 1.68 bits per heavy atom. The first kappa shape index (κ1) is 26.0. The van der Waals surface area contributed by atoms with Gasteiger partial charge in [0, 0.05) is 24.4 Å². The summed E-state index contributed by atoms with van der Waals surface area (Å²) in [5.74, 6) is -2.31. The fourth-order valence-corrected chi connectivity index (χ4v) is 4.15. The van der Waals surface area contributed by atoms with E-state index in [-0.39, 0.29) is 24.1 Å². The van der Waals surface area contributed by atoms with Crippen molar-refractivity contribution in [1.82, 2.24) is 25.3 Å². The van der Waals surface area contributed by atoms with E-state index in [0.717, 1.165) is 16.5 Å². The molecule has 11 nitrogen and oxygen atoms in total. The van der Waals surface area contributed by atoms with Gasteiger partial charge in [-0.15, -0.1) is 5.10 Å². The van der Waals surface area contributed by atoms with Crippen molar-refractivity contribution in [2.75, 3.05) is 11.9 Å². The maximum atomic E-state index is 13.3. The highest BCUT2D eigenvalue weighted by atomic mass is 16.5. The van der Waals surface area contributed by atoms with Crippen molar-refractivity contribution in [3.63, 3.8) is 0 Å². The summed E-state index contributed by atoms with van der Waals surface area (Å²) < 4.78 is 7.08. The first-order valence-corrected chi connectivity index (χ1v) is 12.3. The predicted octanol–water partition coefficient (Wildman–Crippen LogP) is 3.52. The fraction of sp³-hybridized carbons (Fsp3) is 0.103.